The van der Waals surface area contributed by atoms with Crippen molar-refractivity contribution in [2.24, 2.45) is 0 Å². The summed E-state index contributed by atoms with van der Waals surface area (Å²) in [6.45, 7) is 9.10. The number of benzene rings is 1. The molecule has 0 aromatic heterocycles. The first-order valence-corrected chi connectivity index (χ1v) is 7.91. The van der Waals surface area contributed by atoms with Crippen molar-refractivity contribution >= 4 is 17.7 Å². The molecule has 23 heavy (non-hydrogen) atoms. The minimum Gasteiger partial charge on any atom is -0.444 e. The fraction of sp³-hybridized carbons (Fsp3) is 0.529. The van der Waals surface area contributed by atoms with E-state index in [1.807, 2.05) is 39.8 Å². The Morgan fingerprint density at radius 3 is 2.48 bits per heavy atom. The summed E-state index contributed by atoms with van der Waals surface area (Å²) in [6, 6.07) is 7.27. The first-order chi connectivity index (χ1) is 10.8. The van der Waals surface area contributed by atoms with Gasteiger partial charge < -0.3 is 20.7 Å². The standard InChI is InChI=1S/C17H27N3O3/c1-5-9-19-15(21)13-7-6-8-14(12-13)18-10-11-20-16(22)23-17(2,3)4/h6-8,12,18H,5,9-11H2,1-4H3,(H,19,21)(H,20,22). The van der Waals surface area contributed by atoms with E-state index >= 15 is 0 Å². The second kappa shape index (κ2) is 9.02. The first-order valence-electron chi connectivity index (χ1n) is 7.91. The van der Waals surface area contributed by atoms with Crippen LogP contribution >= 0.6 is 0 Å². The summed E-state index contributed by atoms with van der Waals surface area (Å²) in [6.07, 6.45) is 0.465. The number of hydrogen-bond donors (Lipinski definition) is 3. The lowest BCUT2D eigenvalue weighted by atomic mass is 10.2. The van der Waals surface area contributed by atoms with Crippen LogP contribution in [0.15, 0.2) is 24.3 Å². The van der Waals surface area contributed by atoms with Gasteiger partial charge in [0.15, 0.2) is 0 Å². The molecule has 128 valence electrons. The number of anilines is 1. The van der Waals surface area contributed by atoms with Gasteiger partial charge in [0.25, 0.3) is 5.91 Å². The molecule has 6 nitrogen and oxygen atoms in total. The van der Waals surface area contributed by atoms with Crippen LogP contribution in [0.4, 0.5) is 10.5 Å². The Morgan fingerprint density at radius 2 is 1.83 bits per heavy atom. The van der Waals surface area contributed by atoms with Crippen molar-refractivity contribution in [2.45, 2.75) is 39.7 Å². The number of amides is 2. The van der Waals surface area contributed by atoms with Crippen molar-refractivity contribution in [1.29, 1.82) is 0 Å². The maximum atomic E-state index is 11.9. The highest BCUT2D eigenvalue weighted by molar-refractivity contribution is 5.95. The molecule has 0 bridgehead atoms. The SMILES string of the molecule is CCCNC(=O)c1cccc(NCCNC(=O)OC(C)(C)C)c1. The van der Waals surface area contributed by atoms with Crippen LogP contribution in [0.25, 0.3) is 0 Å². The third kappa shape index (κ3) is 8.09. The molecule has 0 heterocycles. The normalized spacial score (nSPS) is 10.8. The molecule has 1 aromatic carbocycles. The zero-order valence-electron chi connectivity index (χ0n) is 14.4. The number of rotatable bonds is 7. The predicted octanol–water partition coefficient (Wildman–Crippen LogP) is 2.76. The number of carbonyl (C=O) groups is 2. The summed E-state index contributed by atoms with van der Waals surface area (Å²) in [7, 11) is 0. The van der Waals surface area contributed by atoms with E-state index in [1.165, 1.54) is 0 Å². The van der Waals surface area contributed by atoms with Crippen LogP contribution in [0.3, 0.4) is 0 Å². The molecule has 0 aliphatic carbocycles. The van der Waals surface area contributed by atoms with E-state index in [0.717, 1.165) is 12.1 Å². The maximum absolute atomic E-state index is 11.9. The highest BCUT2D eigenvalue weighted by Crippen LogP contribution is 2.10. The Balaban J connectivity index is 2.38. The third-order valence-corrected chi connectivity index (χ3v) is 2.78. The molecule has 0 radical (unpaired) electrons. The molecule has 0 saturated heterocycles. The van der Waals surface area contributed by atoms with E-state index in [1.54, 1.807) is 12.1 Å². The van der Waals surface area contributed by atoms with Crippen LogP contribution in [0.1, 0.15) is 44.5 Å². The Hall–Kier alpha value is -2.24. The molecular weight excluding hydrogens is 294 g/mol. The molecule has 1 aromatic rings. The van der Waals surface area contributed by atoms with Crippen LogP contribution in [0.2, 0.25) is 0 Å². The third-order valence-electron chi connectivity index (χ3n) is 2.78. The van der Waals surface area contributed by atoms with Gasteiger partial charge in [-0.25, -0.2) is 4.79 Å². The van der Waals surface area contributed by atoms with Crippen LogP contribution < -0.4 is 16.0 Å². The Kier molecular flexibility index (Phi) is 7.38. The lowest BCUT2D eigenvalue weighted by Gasteiger charge is -2.19. The second-order valence-electron chi connectivity index (χ2n) is 6.19. The summed E-state index contributed by atoms with van der Waals surface area (Å²) >= 11 is 0. The monoisotopic (exact) mass is 321 g/mol. The molecule has 3 N–H and O–H groups in total. The van der Waals surface area contributed by atoms with Crippen molar-refractivity contribution in [1.82, 2.24) is 10.6 Å². The van der Waals surface area contributed by atoms with Crippen molar-refractivity contribution in [3.63, 3.8) is 0 Å². The average Bonchev–Trinajstić information content (AvgIpc) is 2.48. The van der Waals surface area contributed by atoms with Gasteiger partial charge in [-0.1, -0.05) is 13.0 Å². The smallest absolute Gasteiger partial charge is 0.407 e. The van der Waals surface area contributed by atoms with Gasteiger partial charge in [-0.2, -0.15) is 0 Å². The highest BCUT2D eigenvalue weighted by atomic mass is 16.6. The second-order valence-corrected chi connectivity index (χ2v) is 6.19. The van der Waals surface area contributed by atoms with E-state index in [2.05, 4.69) is 16.0 Å². The molecule has 0 fully saturated rings. The van der Waals surface area contributed by atoms with Gasteiger partial charge in [-0.15, -0.1) is 0 Å². The van der Waals surface area contributed by atoms with E-state index in [9.17, 15) is 9.59 Å². The van der Waals surface area contributed by atoms with E-state index in [0.29, 0.717) is 25.2 Å². The fourth-order valence-electron chi connectivity index (χ4n) is 1.80. The summed E-state index contributed by atoms with van der Waals surface area (Å²) in [5.41, 5.74) is 0.946. The number of hydrogen-bond acceptors (Lipinski definition) is 4. The average molecular weight is 321 g/mol. The van der Waals surface area contributed by atoms with Crippen molar-refractivity contribution < 1.29 is 14.3 Å². The lowest BCUT2D eigenvalue weighted by Crippen LogP contribution is -2.35. The van der Waals surface area contributed by atoms with Gasteiger partial charge in [0, 0.05) is 30.9 Å². The molecule has 0 atom stereocenters. The topological polar surface area (TPSA) is 79.5 Å². The van der Waals surface area contributed by atoms with Gasteiger partial charge in [0.05, 0.1) is 0 Å². The van der Waals surface area contributed by atoms with Crippen LogP contribution in [-0.4, -0.2) is 37.2 Å². The minimum atomic E-state index is -0.502. The number of alkyl carbamates (subject to hydrolysis) is 1. The van der Waals surface area contributed by atoms with Gasteiger partial charge in [-0.3, -0.25) is 4.79 Å². The summed E-state index contributed by atoms with van der Waals surface area (Å²) in [4.78, 5) is 23.4. The molecule has 0 unspecified atom stereocenters. The fourth-order valence-corrected chi connectivity index (χ4v) is 1.80. The summed E-state index contributed by atoms with van der Waals surface area (Å²) in [5, 5.41) is 8.68. The number of ether oxygens (including phenoxy) is 1. The number of carbonyl (C=O) groups excluding carboxylic acids is 2. The van der Waals surface area contributed by atoms with Gasteiger partial charge in [0.1, 0.15) is 5.60 Å². The van der Waals surface area contributed by atoms with E-state index in [4.69, 9.17) is 4.74 Å². The molecule has 0 saturated carbocycles. The highest BCUT2D eigenvalue weighted by Gasteiger charge is 2.15. The van der Waals surface area contributed by atoms with Gasteiger partial charge in [0.2, 0.25) is 0 Å². The summed E-state index contributed by atoms with van der Waals surface area (Å²) < 4.78 is 5.15. The van der Waals surface area contributed by atoms with E-state index < -0.39 is 11.7 Å². The molecule has 2 amide bonds. The van der Waals surface area contributed by atoms with Crippen molar-refractivity contribution in [3.8, 4) is 0 Å². The molecule has 6 heteroatoms. The van der Waals surface area contributed by atoms with Gasteiger partial charge in [-0.05, 0) is 45.4 Å². The Labute approximate surface area is 138 Å². The largest absolute Gasteiger partial charge is 0.444 e. The van der Waals surface area contributed by atoms with Crippen LogP contribution in [-0.2, 0) is 4.74 Å². The van der Waals surface area contributed by atoms with Crippen molar-refractivity contribution in [3.05, 3.63) is 29.8 Å². The molecule has 0 aliphatic heterocycles. The Morgan fingerprint density at radius 1 is 1.09 bits per heavy atom. The maximum Gasteiger partial charge on any atom is 0.407 e. The quantitative estimate of drug-likeness (QED) is 0.675. The zero-order chi connectivity index (χ0) is 17.3. The van der Waals surface area contributed by atoms with E-state index in [-0.39, 0.29) is 5.91 Å². The minimum absolute atomic E-state index is 0.0811. The Bertz CT molecular complexity index is 524. The molecule has 0 aliphatic rings. The zero-order valence-corrected chi connectivity index (χ0v) is 14.4. The van der Waals surface area contributed by atoms with Crippen molar-refractivity contribution in [2.75, 3.05) is 25.0 Å². The number of nitrogens with one attached hydrogen (secondary N) is 3. The molecule has 0 spiro atoms. The molecule has 1 rings (SSSR count). The predicted molar refractivity (Wildman–Crippen MR) is 91.8 cm³/mol. The molecular formula is C17H27N3O3. The van der Waals surface area contributed by atoms with Crippen LogP contribution in [0, 0.1) is 0 Å². The van der Waals surface area contributed by atoms with Crippen LogP contribution in [0.5, 0.6) is 0 Å². The summed E-state index contributed by atoms with van der Waals surface area (Å²) in [5.74, 6) is -0.0811. The first kappa shape index (κ1) is 18.8. The van der Waals surface area contributed by atoms with Gasteiger partial charge >= 0.3 is 6.09 Å². The lowest BCUT2D eigenvalue weighted by molar-refractivity contribution is 0.0530.